The summed E-state index contributed by atoms with van der Waals surface area (Å²) in [4.78, 5) is 15.9. The Hall–Kier alpha value is -1.79. The molecule has 6 heteroatoms. The number of rotatable bonds is 3. The van der Waals surface area contributed by atoms with Gasteiger partial charge in [-0.05, 0) is 36.6 Å². The van der Waals surface area contributed by atoms with Gasteiger partial charge in [0.2, 0.25) is 5.91 Å². The van der Waals surface area contributed by atoms with Crippen molar-refractivity contribution < 1.29 is 19.4 Å². The van der Waals surface area contributed by atoms with Crippen LogP contribution in [0.4, 0.5) is 0 Å². The second kappa shape index (κ2) is 5.78. The van der Waals surface area contributed by atoms with E-state index in [1.54, 1.807) is 14.2 Å². The maximum Gasteiger partial charge on any atom is 0.227 e. The van der Waals surface area contributed by atoms with Gasteiger partial charge in [-0.1, -0.05) is 0 Å². The van der Waals surface area contributed by atoms with Crippen LogP contribution in [0.15, 0.2) is 12.1 Å². The highest BCUT2D eigenvalue weighted by Gasteiger charge is 2.39. The van der Waals surface area contributed by atoms with Crippen molar-refractivity contribution >= 4 is 5.91 Å². The van der Waals surface area contributed by atoms with E-state index in [-0.39, 0.29) is 18.7 Å². The summed E-state index contributed by atoms with van der Waals surface area (Å²) in [7, 11) is 3.25. The van der Waals surface area contributed by atoms with Crippen LogP contribution in [0.2, 0.25) is 0 Å². The molecule has 3 rings (SSSR count). The molecule has 0 bridgehead atoms. The standard InChI is InChI=1S/C16H22N2O4/c1-10-4-11-5-14(21-2)15(22-3)6-12(11)13-7-16(20)17(9-19)8-18(10)13/h5-6,10,13,19H,4,7-9H2,1-3H3/t10-,13+/m1/s1. The molecule has 2 heterocycles. The fourth-order valence-corrected chi connectivity index (χ4v) is 3.50. The van der Waals surface area contributed by atoms with Gasteiger partial charge in [0.25, 0.3) is 0 Å². The summed E-state index contributed by atoms with van der Waals surface area (Å²) < 4.78 is 10.8. The molecule has 0 aliphatic carbocycles. The maximum absolute atomic E-state index is 12.2. The van der Waals surface area contributed by atoms with Crippen molar-refractivity contribution in [2.24, 2.45) is 0 Å². The van der Waals surface area contributed by atoms with Gasteiger partial charge >= 0.3 is 0 Å². The number of carbonyl (C=O) groups excluding carboxylic acids is 1. The van der Waals surface area contributed by atoms with E-state index in [1.807, 2.05) is 12.1 Å². The SMILES string of the molecule is COc1cc2c(cc1OC)[C@@H]1CC(=O)N(CO)CN1[C@H](C)C2. The summed E-state index contributed by atoms with van der Waals surface area (Å²) in [5.41, 5.74) is 2.33. The molecule has 1 aromatic carbocycles. The predicted molar refractivity (Wildman–Crippen MR) is 80.7 cm³/mol. The van der Waals surface area contributed by atoms with Crippen LogP contribution < -0.4 is 9.47 Å². The molecular formula is C16H22N2O4. The van der Waals surface area contributed by atoms with Crippen molar-refractivity contribution in [1.29, 1.82) is 0 Å². The van der Waals surface area contributed by atoms with E-state index in [9.17, 15) is 9.90 Å². The molecule has 1 aromatic rings. The lowest BCUT2D eigenvalue weighted by Crippen LogP contribution is -2.55. The summed E-state index contributed by atoms with van der Waals surface area (Å²) in [5, 5.41) is 9.33. The summed E-state index contributed by atoms with van der Waals surface area (Å²) >= 11 is 0. The number of amides is 1. The highest BCUT2D eigenvalue weighted by molar-refractivity contribution is 5.78. The van der Waals surface area contributed by atoms with Crippen LogP contribution in [-0.4, -0.2) is 54.5 Å². The molecule has 0 aromatic heterocycles. The van der Waals surface area contributed by atoms with Crippen molar-refractivity contribution in [2.45, 2.75) is 31.8 Å². The maximum atomic E-state index is 12.2. The van der Waals surface area contributed by atoms with E-state index < -0.39 is 0 Å². The van der Waals surface area contributed by atoms with Crippen LogP contribution in [0.1, 0.15) is 30.5 Å². The minimum atomic E-state index is -0.229. The van der Waals surface area contributed by atoms with Crippen LogP contribution in [0.25, 0.3) is 0 Å². The van der Waals surface area contributed by atoms with Crippen molar-refractivity contribution in [3.8, 4) is 11.5 Å². The summed E-state index contributed by atoms with van der Waals surface area (Å²) in [6, 6.07) is 4.34. The average Bonchev–Trinajstić information content (AvgIpc) is 2.53. The van der Waals surface area contributed by atoms with Crippen LogP contribution in [0.3, 0.4) is 0 Å². The molecule has 1 fully saturated rings. The van der Waals surface area contributed by atoms with Crippen LogP contribution >= 0.6 is 0 Å². The van der Waals surface area contributed by atoms with E-state index in [1.165, 1.54) is 10.5 Å². The third-order valence-corrected chi connectivity index (χ3v) is 4.71. The molecule has 2 aliphatic rings. The number of nitrogens with zero attached hydrogens (tertiary/aromatic N) is 2. The molecule has 2 aliphatic heterocycles. The van der Waals surface area contributed by atoms with Gasteiger partial charge in [0.1, 0.15) is 6.73 Å². The lowest BCUT2D eigenvalue weighted by molar-refractivity contribution is -0.148. The molecule has 6 nitrogen and oxygen atoms in total. The van der Waals surface area contributed by atoms with Crippen LogP contribution in [0.5, 0.6) is 11.5 Å². The fraction of sp³-hybridized carbons (Fsp3) is 0.562. The third kappa shape index (κ3) is 2.32. The van der Waals surface area contributed by atoms with E-state index in [0.29, 0.717) is 24.9 Å². The second-order valence-electron chi connectivity index (χ2n) is 5.91. The average molecular weight is 306 g/mol. The first-order valence-corrected chi connectivity index (χ1v) is 7.48. The summed E-state index contributed by atoms with van der Waals surface area (Å²) in [5.74, 6) is 1.40. The van der Waals surface area contributed by atoms with Crippen LogP contribution in [-0.2, 0) is 11.2 Å². The first-order valence-electron chi connectivity index (χ1n) is 7.48. The Morgan fingerprint density at radius 3 is 2.55 bits per heavy atom. The van der Waals surface area contributed by atoms with Gasteiger partial charge in [-0.2, -0.15) is 0 Å². The Kier molecular flexibility index (Phi) is 3.97. The van der Waals surface area contributed by atoms with Gasteiger partial charge in [0, 0.05) is 18.5 Å². The van der Waals surface area contributed by atoms with Gasteiger partial charge in [-0.25, -0.2) is 0 Å². The number of ether oxygens (including phenoxy) is 2. The lowest BCUT2D eigenvalue weighted by atomic mass is 9.85. The smallest absolute Gasteiger partial charge is 0.227 e. The number of aliphatic hydroxyl groups excluding tert-OH is 1. The summed E-state index contributed by atoms with van der Waals surface area (Å²) in [6.45, 7) is 2.39. The van der Waals surface area contributed by atoms with Gasteiger partial charge < -0.3 is 19.5 Å². The normalized spacial score (nSPS) is 24.7. The van der Waals surface area contributed by atoms with E-state index in [2.05, 4.69) is 11.8 Å². The highest BCUT2D eigenvalue weighted by Crippen LogP contribution is 2.42. The van der Waals surface area contributed by atoms with Crippen molar-refractivity contribution in [2.75, 3.05) is 27.6 Å². The molecule has 1 N–H and O–H groups in total. The zero-order valence-electron chi connectivity index (χ0n) is 13.2. The van der Waals surface area contributed by atoms with E-state index in [4.69, 9.17) is 9.47 Å². The largest absolute Gasteiger partial charge is 0.493 e. The molecule has 0 radical (unpaired) electrons. The Balaban J connectivity index is 2.02. The van der Waals surface area contributed by atoms with Gasteiger partial charge in [0.05, 0.1) is 20.9 Å². The third-order valence-electron chi connectivity index (χ3n) is 4.71. The Morgan fingerprint density at radius 2 is 1.91 bits per heavy atom. The monoisotopic (exact) mass is 306 g/mol. The summed E-state index contributed by atoms with van der Waals surface area (Å²) in [6.07, 6.45) is 1.27. The van der Waals surface area contributed by atoms with E-state index in [0.717, 1.165) is 17.7 Å². The number of benzene rings is 1. The molecule has 1 amide bonds. The molecule has 0 unspecified atom stereocenters. The van der Waals surface area contributed by atoms with Crippen molar-refractivity contribution in [1.82, 2.24) is 9.80 Å². The molecule has 22 heavy (non-hydrogen) atoms. The Morgan fingerprint density at radius 1 is 1.23 bits per heavy atom. The minimum Gasteiger partial charge on any atom is -0.493 e. The molecule has 2 atom stereocenters. The van der Waals surface area contributed by atoms with Crippen LogP contribution in [0, 0.1) is 0 Å². The number of carbonyl (C=O) groups is 1. The number of hydrogen-bond donors (Lipinski definition) is 1. The van der Waals surface area contributed by atoms with Gasteiger partial charge in [0.15, 0.2) is 11.5 Å². The topological polar surface area (TPSA) is 62.2 Å². The highest BCUT2D eigenvalue weighted by atomic mass is 16.5. The number of methoxy groups -OCH3 is 2. The zero-order valence-corrected chi connectivity index (χ0v) is 13.2. The molecule has 1 saturated heterocycles. The number of hydrogen-bond acceptors (Lipinski definition) is 5. The molecule has 0 spiro atoms. The van der Waals surface area contributed by atoms with Crippen molar-refractivity contribution in [3.05, 3.63) is 23.3 Å². The fourth-order valence-electron chi connectivity index (χ4n) is 3.50. The quantitative estimate of drug-likeness (QED) is 0.907. The van der Waals surface area contributed by atoms with E-state index >= 15 is 0 Å². The number of aliphatic hydroxyl groups is 1. The molecule has 120 valence electrons. The van der Waals surface area contributed by atoms with Crippen molar-refractivity contribution in [3.63, 3.8) is 0 Å². The minimum absolute atomic E-state index is 0.0152. The first kappa shape index (κ1) is 15.1. The molecular weight excluding hydrogens is 284 g/mol. The Bertz CT molecular complexity index is 590. The van der Waals surface area contributed by atoms with Gasteiger partial charge in [-0.15, -0.1) is 0 Å². The number of fused-ring (bicyclic) bond motifs is 3. The zero-order chi connectivity index (χ0) is 15.9. The first-order chi connectivity index (χ1) is 10.6. The molecule has 0 saturated carbocycles. The second-order valence-corrected chi connectivity index (χ2v) is 5.91. The predicted octanol–water partition coefficient (Wildman–Crippen LogP) is 1.13. The van der Waals surface area contributed by atoms with Gasteiger partial charge in [-0.3, -0.25) is 9.69 Å². The lowest BCUT2D eigenvalue weighted by Gasteiger charge is -2.47. The Labute approximate surface area is 130 Å².